The van der Waals surface area contributed by atoms with Crippen molar-refractivity contribution in [1.82, 2.24) is 10.6 Å². The van der Waals surface area contributed by atoms with Gasteiger partial charge in [0.05, 0.1) is 12.2 Å². The molecule has 0 saturated carbocycles. The van der Waals surface area contributed by atoms with Crippen molar-refractivity contribution in [1.29, 1.82) is 0 Å². The van der Waals surface area contributed by atoms with Gasteiger partial charge in [0.1, 0.15) is 12.0 Å². The Bertz CT molecular complexity index is 1130. The average molecular weight is 497 g/mol. The molecule has 0 aliphatic carbocycles. The summed E-state index contributed by atoms with van der Waals surface area (Å²) in [5.41, 5.74) is 2.50. The van der Waals surface area contributed by atoms with Gasteiger partial charge in [-0.1, -0.05) is 42.5 Å². The van der Waals surface area contributed by atoms with E-state index in [4.69, 9.17) is 0 Å². The van der Waals surface area contributed by atoms with E-state index in [0.29, 0.717) is 16.8 Å². The number of nitrogens with zero attached hydrogens (tertiary/aromatic N) is 1. The first-order valence-corrected chi connectivity index (χ1v) is 10.8. The molecule has 6 nitrogen and oxygen atoms in total. The smallest absolute Gasteiger partial charge is 0.349 e. The van der Waals surface area contributed by atoms with Crippen molar-refractivity contribution in [2.75, 3.05) is 11.4 Å². The van der Waals surface area contributed by atoms with Gasteiger partial charge < -0.3 is 15.5 Å². The molecular weight excluding hydrogens is 473 g/mol. The summed E-state index contributed by atoms with van der Waals surface area (Å²) in [5, 5.41) is 3.96. The third kappa shape index (κ3) is 5.13. The zero-order valence-corrected chi connectivity index (χ0v) is 19.1. The SMILES string of the molecule is CC(C(=O)NCC(F)(F)C(F)(F)F)C(=O)NC1C(=O)N(C(C)C)c2ccccc2-c2ccccc21. The van der Waals surface area contributed by atoms with Crippen LogP contribution in [0.4, 0.5) is 27.6 Å². The molecule has 3 amide bonds. The number of anilines is 1. The highest BCUT2D eigenvalue weighted by atomic mass is 19.4. The van der Waals surface area contributed by atoms with E-state index in [9.17, 15) is 36.3 Å². The van der Waals surface area contributed by atoms with E-state index in [1.54, 1.807) is 56.3 Å². The number of fused-ring (bicyclic) bond motifs is 3. The lowest BCUT2D eigenvalue weighted by Gasteiger charge is -2.30. The van der Waals surface area contributed by atoms with Gasteiger partial charge in [0.15, 0.2) is 0 Å². The summed E-state index contributed by atoms with van der Waals surface area (Å²) in [6.07, 6.45) is -5.85. The van der Waals surface area contributed by atoms with E-state index in [0.717, 1.165) is 12.5 Å². The number of halogens is 5. The molecule has 1 aliphatic rings. The number of rotatable bonds is 6. The summed E-state index contributed by atoms with van der Waals surface area (Å²) in [4.78, 5) is 40.1. The number of benzene rings is 2. The van der Waals surface area contributed by atoms with Crippen LogP contribution in [0.5, 0.6) is 0 Å². The molecule has 0 saturated heterocycles. The lowest BCUT2D eigenvalue weighted by Crippen LogP contribution is -2.51. The molecule has 0 spiro atoms. The maximum Gasteiger partial charge on any atom is 0.455 e. The Morgan fingerprint density at radius 2 is 1.49 bits per heavy atom. The van der Waals surface area contributed by atoms with Crippen LogP contribution >= 0.6 is 0 Å². The minimum atomic E-state index is -5.85. The van der Waals surface area contributed by atoms with Gasteiger partial charge in [-0.15, -0.1) is 0 Å². The number of hydrogen-bond acceptors (Lipinski definition) is 3. The maximum atomic E-state index is 13.6. The predicted molar refractivity (Wildman–Crippen MR) is 119 cm³/mol. The van der Waals surface area contributed by atoms with Gasteiger partial charge in [0, 0.05) is 11.6 Å². The molecule has 0 fully saturated rings. The highest BCUT2D eigenvalue weighted by molar-refractivity contribution is 6.08. The Morgan fingerprint density at radius 3 is 2.09 bits per heavy atom. The third-order valence-electron chi connectivity index (χ3n) is 5.70. The molecule has 0 radical (unpaired) electrons. The molecule has 1 aliphatic heterocycles. The minimum absolute atomic E-state index is 0.303. The van der Waals surface area contributed by atoms with Crippen molar-refractivity contribution in [3.05, 3.63) is 54.1 Å². The van der Waals surface area contributed by atoms with Crippen molar-refractivity contribution in [3.8, 4) is 11.1 Å². The van der Waals surface area contributed by atoms with Crippen LogP contribution in [0.3, 0.4) is 0 Å². The van der Waals surface area contributed by atoms with E-state index in [1.807, 2.05) is 6.07 Å². The van der Waals surface area contributed by atoms with Crippen molar-refractivity contribution >= 4 is 23.4 Å². The highest BCUT2D eigenvalue weighted by Gasteiger charge is 2.57. The Morgan fingerprint density at radius 1 is 0.914 bits per heavy atom. The van der Waals surface area contributed by atoms with E-state index >= 15 is 0 Å². The average Bonchev–Trinajstić information content (AvgIpc) is 2.89. The molecule has 2 N–H and O–H groups in total. The number of carbonyl (C=O) groups is 3. The fraction of sp³-hybridized carbons (Fsp3) is 0.375. The third-order valence-corrected chi connectivity index (χ3v) is 5.70. The van der Waals surface area contributed by atoms with Crippen molar-refractivity contribution in [2.24, 2.45) is 5.92 Å². The number of para-hydroxylation sites is 1. The van der Waals surface area contributed by atoms with Crippen molar-refractivity contribution < 1.29 is 36.3 Å². The monoisotopic (exact) mass is 497 g/mol. The van der Waals surface area contributed by atoms with Crippen LogP contribution < -0.4 is 15.5 Å². The van der Waals surface area contributed by atoms with Crippen molar-refractivity contribution in [2.45, 2.75) is 45.0 Å². The molecule has 35 heavy (non-hydrogen) atoms. The van der Waals surface area contributed by atoms with Crippen LogP contribution in [-0.2, 0) is 14.4 Å². The number of hydrogen-bond donors (Lipinski definition) is 2. The van der Waals surface area contributed by atoms with Crippen LogP contribution in [0.15, 0.2) is 48.5 Å². The van der Waals surface area contributed by atoms with Gasteiger partial charge in [0.25, 0.3) is 5.91 Å². The van der Waals surface area contributed by atoms with Crippen molar-refractivity contribution in [3.63, 3.8) is 0 Å². The molecule has 188 valence electrons. The number of carbonyl (C=O) groups excluding carboxylic acids is 3. The second kappa shape index (κ2) is 9.63. The highest BCUT2D eigenvalue weighted by Crippen LogP contribution is 2.41. The fourth-order valence-electron chi connectivity index (χ4n) is 3.81. The predicted octanol–water partition coefficient (Wildman–Crippen LogP) is 4.22. The summed E-state index contributed by atoms with van der Waals surface area (Å²) in [6.45, 7) is 2.63. The number of nitrogens with one attached hydrogen (secondary N) is 2. The maximum absolute atomic E-state index is 13.6. The molecule has 2 aromatic rings. The topological polar surface area (TPSA) is 78.5 Å². The second-order valence-corrected chi connectivity index (χ2v) is 8.49. The summed E-state index contributed by atoms with van der Waals surface area (Å²) in [7, 11) is 0. The first-order chi connectivity index (χ1) is 16.3. The molecule has 2 unspecified atom stereocenters. The Balaban J connectivity index is 1.88. The first kappa shape index (κ1) is 26.1. The van der Waals surface area contributed by atoms with Gasteiger partial charge in [-0.25, -0.2) is 0 Å². The summed E-state index contributed by atoms with van der Waals surface area (Å²) in [6, 6.07) is 12.5. The zero-order valence-electron chi connectivity index (χ0n) is 19.1. The van der Waals surface area contributed by atoms with Crippen LogP contribution in [0.1, 0.15) is 32.4 Å². The Labute approximate surface area is 198 Å². The first-order valence-electron chi connectivity index (χ1n) is 10.8. The molecular formula is C24H24F5N3O3. The minimum Gasteiger partial charge on any atom is -0.349 e. The van der Waals surface area contributed by atoms with Gasteiger partial charge in [-0.2, -0.15) is 22.0 Å². The largest absolute Gasteiger partial charge is 0.455 e. The molecule has 1 heterocycles. The van der Waals surface area contributed by atoms with Crippen LogP contribution in [0.2, 0.25) is 0 Å². The Kier molecular flexibility index (Phi) is 7.18. The lowest BCUT2D eigenvalue weighted by atomic mass is 9.95. The summed E-state index contributed by atoms with van der Waals surface area (Å²) >= 11 is 0. The van der Waals surface area contributed by atoms with E-state index in [-0.39, 0.29) is 6.04 Å². The molecule has 3 rings (SSSR count). The normalized spacial score (nSPS) is 16.8. The van der Waals surface area contributed by atoms with Crippen LogP contribution in [-0.4, -0.2) is 42.4 Å². The number of alkyl halides is 5. The number of amides is 3. The second-order valence-electron chi connectivity index (χ2n) is 8.49. The standard InChI is InChI=1S/C24H24F5N3O3/c1-13(2)32-18-11-7-6-9-16(18)15-8-4-5-10-17(15)19(22(32)35)31-21(34)14(3)20(33)30-12-23(25,26)24(27,28)29/h4-11,13-14,19H,12H2,1-3H3,(H,30,33)(H,31,34). The molecule has 0 bridgehead atoms. The van der Waals surface area contributed by atoms with E-state index in [1.165, 1.54) is 10.2 Å². The van der Waals surface area contributed by atoms with E-state index in [2.05, 4.69) is 5.32 Å². The Hall–Kier alpha value is -3.50. The zero-order chi connectivity index (χ0) is 26.1. The molecule has 2 atom stereocenters. The lowest BCUT2D eigenvalue weighted by molar-refractivity contribution is -0.278. The summed E-state index contributed by atoms with van der Waals surface area (Å²) in [5.74, 6) is -9.61. The molecule has 0 aromatic heterocycles. The van der Waals surface area contributed by atoms with Gasteiger partial charge in [0.2, 0.25) is 11.8 Å². The van der Waals surface area contributed by atoms with Gasteiger partial charge in [-0.05, 0) is 38.0 Å². The molecule has 11 heteroatoms. The van der Waals surface area contributed by atoms with Crippen LogP contribution in [0, 0.1) is 5.92 Å². The fourth-order valence-corrected chi connectivity index (χ4v) is 3.81. The quantitative estimate of drug-likeness (QED) is 0.464. The van der Waals surface area contributed by atoms with E-state index < -0.39 is 48.3 Å². The summed E-state index contributed by atoms with van der Waals surface area (Å²) < 4.78 is 63.4. The van der Waals surface area contributed by atoms with Gasteiger partial charge >= 0.3 is 12.1 Å². The van der Waals surface area contributed by atoms with Crippen LogP contribution in [0.25, 0.3) is 11.1 Å². The molecule has 2 aromatic carbocycles. The van der Waals surface area contributed by atoms with Gasteiger partial charge in [-0.3, -0.25) is 14.4 Å².